The summed E-state index contributed by atoms with van der Waals surface area (Å²) in [5.41, 5.74) is 0.0366. The fourth-order valence-electron chi connectivity index (χ4n) is 3.06. The highest BCUT2D eigenvalue weighted by atomic mass is 16.4. The number of carbonyl (C=O) groups is 1. The third kappa shape index (κ3) is 2.99. The molecule has 1 aliphatic heterocycles. The maximum atomic E-state index is 11.7. The number of rotatable bonds is 5. The fourth-order valence-corrected chi connectivity index (χ4v) is 3.06. The Hall–Kier alpha value is -1.46. The molecule has 0 bridgehead atoms. The molecule has 0 amide bonds. The van der Waals surface area contributed by atoms with E-state index in [1.165, 1.54) is 0 Å². The number of nitrogens with zero attached hydrogens (tertiary/aromatic N) is 2. The van der Waals surface area contributed by atoms with Gasteiger partial charge in [-0.25, -0.2) is 0 Å². The van der Waals surface area contributed by atoms with Crippen LogP contribution in [0.2, 0.25) is 0 Å². The lowest BCUT2D eigenvalue weighted by atomic mass is 9.74. The molecule has 0 radical (unpaired) electrons. The lowest BCUT2D eigenvalue weighted by molar-refractivity contribution is -0.164. The number of hydrogen-bond acceptors (Lipinski definition) is 4. The zero-order valence-corrected chi connectivity index (χ0v) is 11.8. The van der Waals surface area contributed by atoms with E-state index in [-0.39, 0.29) is 0 Å². The molecule has 1 aromatic heterocycles. The van der Waals surface area contributed by atoms with E-state index < -0.39 is 17.5 Å². The zero-order valence-electron chi connectivity index (χ0n) is 11.8. The zero-order chi connectivity index (χ0) is 14.6. The maximum absolute atomic E-state index is 11.7. The molecule has 2 rings (SSSR count). The van der Waals surface area contributed by atoms with Crippen LogP contribution in [-0.4, -0.2) is 45.3 Å². The van der Waals surface area contributed by atoms with Gasteiger partial charge >= 0.3 is 5.97 Å². The number of piperidine rings is 1. The Balaban J connectivity index is 2.12. The molecule has 1 fully saturated rings. The van der Waals surface area contributed by atoms with Crippen molar-refractivity contribution in [1.82, 2.24) is 9.88 Å². The number of pyridine rings is 1. The summed E-state index contributed by atoms with van der Waals surface area (Å²) < 4.78 is 0. The third-order valence-corrected chi connectivity index (χ3v) is 4.11. The highest BCUT2D eigenvalue weighted by Gasteiger charge is 2.48. The predicted molar refractivity (Wildman–Crippen MR) is 75.1 cm³/mol. The van der Waals surface area contributed by atoms with Crippen LogP contribution in [0.25, 0.3) is 0 Å². The maximum Gasteiger partial charge on any atom is 0.313 e. The second-order valence-electron chi connectivity index (χ2n) is 5.59. The van der Waals surface area contributed by atoms with E-state index in [0.717, 1.165) is 18.5 Å². The van der Waals surface area contributed by atoms with Gasteiger partial charge in [0.1, 0.15) is 5.41 Å². The van der Waals surface area contributed by atoms with Gasteiger partial charge < -0.3 is 10.2 Å². The van der Waals surface area contributed by atoms with Gasteiger partial charge in [-0.15, -0.1) is 0 Å². The van der Waals surface area contributed by atoms with Crippen molar-refractivity contribution in [2.45, 2.75) is 38.8 Å². The van der Waals surface area contributed by atoms with Crippen molar-refractivity contribution < 1.29 is 15.0 Å². The summed E-state index contributed by atoms with van der Waals surface area (Å²) in [6.45, 7) is 3.75. The first kappa shape index (κ1) is 14.9. The lowest BCUT2D eigenvalue weighted by Crippen LogP contribution is -2.55. The minimum Gasteiger partial charge on any atom is -0.481 e. The summed E-state index contributed by atoms with van der Waals surface area (Å²) in [6, 6.07) is 3.87. The van der Waals surface area contributed by atoms with Crippen molar-refractivity contribution in [2.75, 3.05) is 13.1 Å². The van der Waals surface area contributed by atoms with Gasteiger partial charge in [0.15, 0.2) is 0 Å². The number of carboxylic acids is 1. The van der Waals surface area contributed by atoms with Gasteiger partial charge in [-0.2, -0.15) is 0 Å². The summed E-state index contributed by atoms with van der Waals surface area (Å²) in [5.74, 6) is -0.886. The summed E-state index contributed by atoms with van der Waals surface area (Å²) >= 11 is 0. The first-order chi connectivity index (χ1) is 9.58. The Labute approximate surface area is 119 Å². The van der Waals surface area contributed by atoms with E-state index in [2.05, 4.69) is 9.88 Å². The number of hydrogen-bond donors (Lipinski definition) is 2. The van der Waals surface area contributed by atoms with Gasteiger partial charge in [0.25, 0.3) is 0 Å². The van der Waals surface area contributed by atoms with E-state index in [1.54, 1.807) is 12.4 Å². The molecule has 1 aliphatic rings. The number of carboxylic acid groups (broad SMARTS) is 1. The highest BCUT2D eigenvalue weighted by molar-refractivity contribution is 5.76. The molecule has 5 heteroatoms. The Morgan fingerprint density at radius 2 is 2.40 bits per heavy atom. The van der Waals surface area contributed by atoms with Gasteiger partial charge in [-0.05, 0) is 24.5 Å². The largest absolute Gasteiger partial charge is 0.481 e. The van der Waals surface area contributed by atoms with Crippen LogP contribution in [0.1, 0.15) is 31.7 Å². The molecule has 20 heavy (non-hydrogen) atoms. The predicted octanol–water partition coefficient (Wildman–Crippen LogP) is 1.52. The van der Waals surface area contributed by atoms with Gasteiger partial charge in [0.2, 0.25) is 0 Å². The minimum atomic E-state index is -1.03. The number of aromatic nitrogens is 1. The molecule has 110 valence electrons. The standard InChI is InChI=1S/C15H22N2O3/c1-2-6-15(14(19)20)11-17(8-5-13(15)18)10-12-4-3-7-16-9-12/h3-4,7,9,13,18H,2,5-6,8,10-11H2,1H3,(H,19,20)/t13-,15+/m0/s1. The van der Waals surface area contributed by atoms with Crippen LogP contribution in [0.3, 0.4) is 0 Å². The fraction of sp³-hybridized carbons (Fsp3) is 0.600. The molecule has 5 nitrogen and oxygen atoms in total. The number of aliphatic carboxylic acids is 1. The average Bonchev–Trinajstić information content (AvgIpc) is 2.43. The highest BCUT2D eigenvalue weighted by Crippen LogP contribution is 2.36. The molecule has 0 aromatic carbocycles. The van der Waals surface area contributed by atoms with Crippen molar-refractivity contribution in [3.63, 3.8) is 0 Å². The smallest absolute Gasteiger partial charge is 0.313 e. The van der Waals surface area contributed by atoms with E-state index in [4.69, 9.17) is 0 Å². The summed E-state index contributed by atoms with van der Waals surface area (Å²) in [6.07, 6.45) is 4.53. The Morgan fingerprint density at radius 1 is 1.60 bits per heavy atom. The second-order valence-corrected chi connectivity index (χ2v) is 5.59. The van der Waals surface area contributed by atoms with Gasteiger partial charge in [-0.3, -0.25) is 14.7 Å². The molecule has 1 aromatic rings. The van der Waals surface area contributed by atoms with Crippen LogP contribution in [0, 0.1) is 5.41 Å². The Bertz CT molecular complexity index is 452. The van der Waals surface area contributed by atoms with Crippen molar-refractivity contribution in [3.8, 4) is 0 Å². The molecule has 2 heterocycles. The van der Waals surface area contributed by atoms with Crippen LogP contribution in [0.5, 0.6) is 0 Å². The minimum absolute atomic E-state index is 0.395. The van der Waals surface area contributed by atoms with E-state index >= 15 is 0 Å². The summed E-state index contributed by atoms with van der Waals surface area (Å²) in [7, 11) is 0. The van der Waals surface area contributed by atoms with Crippen molar-refractivity contribution >= 4 is 5.97 Å². The van der Waals surface area contributed by atoms with E-state index in [9.17, 15) is 15.0 Å². The van der Waals surface area contributed by atoms with Crippen LogP contribution >= 0.6 is 0 Å². The number of aliphatic hydroxyl groups excluding tert-OH is 1. The van der Waals surface area contributed by atoms with Crippen molar-refractivity contribution in [3.05, 3.63) is 30.1 Å². The van der Waals surface area contributed by atoms with Gasteiger partial charge in [-0.1, -0.05) is 19.4 Å². The number of likely N-dealkylation sites (tertiary alicyclic amines) is 1. The molecule has 0 spiro atoms. The molecule has 1 saturated heterocycles. The first-order valence-corrected chi connectivity index (χ1v) is 7.11. The lowest BCUT2D eigenvalue weighted by Gasteiger charge is -2.43. The number of aliphatic hydroxyl groups is 1. The molecular weight excluding hydrogens is 256 g/mol. The normalized spacial score (nSPS) is 27.4. The molecular formula is C15H22N2O3. The van der Waals surface area contributed by atoms with Gasteiger partial charge in [0.05, 0.1) is 6.10 Å². The third-order valence-electron chi connectivity index (χ3n) is 4.11. The van der Waals surface area contributed by atoms with Crippen LogP contribution in [0.4, 0.5) is 0 Å². The topological polar surface area (TPSA) is 73.7 Å². The second kappa shape index (κ2) is 6.33. The van der Waals surface area contributed by atoms with Crippen LogP contribution in [0.15, 0.2) is 24.5 Å². The molecule has 2 atom stereocenters. The molecule has 0 aliphatic carbocycles. The SMILES string of the molecule is CCC[C@@]1(C(=O)O)CN(Cc2cccnc2)CC[C@@H]1O. The Kier molecular flexibility index (Phi) is 4.73. The Morgan fingerprint density at radius 3 is 3.00 bits per heavy atom. The first-order valence-electron chi connectivity index (χ1n) is 7.11. The summed E-state index contributed by atoms with van der Waals surface area (Å²) in [5, 5.41) is 19.8. The van der Waals surface area contributed by atoms with Crippen LogP contribution in [-0.2, 0) is 11.3 Å². The van der Waals surface area contributed by atoms with Crippen molar-refractivity contribution in [2.24, 2.45) is 5.41 Å². The quantitative estimate of drug-likeness (QED) is 0.854. The van der Waals surface area contributed by atoms with E-state index in [1.807, 2.05) is 19.1 Å². The van der Waals surface area contributed by atoms with Crippen LogP contribution < -0.4 is 0 Å². The van der Waals surface area contributed by atoms with Crippen molar-refractivity contribution in [1.29, 1.82) is 0 Å². The van der Waals surface area contributed by atoms with Gasteiger partial charge in [0, 0.05) is 32.0 Å². The monoisotopic (exact) mass is 278 g/mol. The molecule has 0 unspecified atom stereocenters. The van der Waals surface area contributed by atoms with E-state index in [0.29, 0.717) is 25.9 Å². The molecule has 0 saturated carbocycles. The molecule has 2 N–H and O–H groups in total. The summed E-state index contributed by atoms with van der Waals surface area (Å²) in [4.78, 5) is 17.9. The average molecular weight is 278 g/mol.